The third kappa shape index (κ3) is 7.97. The Labute approximate surface area is 257 Å². The number of piperidine rings is 1. The molecule has 0 radical (unpaired) electrons. The van der Waals surface area contributed by atoms with Gasteiger partial charge in [-0.2, -0.15) is 4.39 Å². The Morgan fingerprint density at radius 3 is 2.58 bits per heavy atom. The molecule has 1 aliphatic rings. The summed E-state index contributed by atoms with van der Waals surface area (Å²) in [7, 11) is -2.89. The molecule has 1 unspecified atom stereocenters. The zero-order chi connectivity index (χ0) is 32.2. The maximum Gasteiger partial charge on any atom is 0.237 e. The number of benzene rings is 2. The van der Waals surface area contributed by atoms with Crippen LogP contribution in [0, 0.1) is 23.4 Å². The predicted molar refractivity (Wildman–Crippen MR) is 160 cm³/mol. The maximum atomic E-state index is 15.1. The van der Waals surface area contributed by atoms with E-state index in [2.05, 4.69) is 25.6 Å². The lowest BCUT2D eigenvalue weighted by molar-refractivity contribution is 0.114. The summed E-state index contributed by atoms with van der Waals surface area (Å²) in [5.41, 5.74) is -1.64. The molecular weight excluding hydrogens is 616 g/mol. The summed E-state index contributed by atoms with van der Waals surface area (Å²) in [5.74, 6) is -5.83. The van der Waals surface area contributed by atoms with E-state index in [4.69, 9.17) is 9.47 Å². The summed E-state index contributed by atoms with van der Waals surface area (Å²) in [6.45, 7) is 2.88. The van der Waals surface area contributed by atoms with E-state index in [9.17, 15) is 12.8 Å². The molecule has 0 bridgehead atoms. The highest BCUT2D eigenvalue weighted by Crippen LogP contribution is 2.36. The summed E-state index contributed by atoms with van der Waals surface area (Å²) in [6.07, 6.45) is 3.16. The van der Waals surface area contributed by atoms with E-state index in [1.807, 2.05) is 0 Å². The summed E-state index contributed by atoms with van der Waals surface area (Å²) in [6, 6.07) is 11.2. The van der Waals surface area contributed by atoms with Gasteiger partial charge in [-0.3, -0.25) is 4.72 Å². The molecular formula is C30H30F4N6O4S. The summed E-state index contributed by atoms with van der Waals surface area (Å²) < 4.78 is 97.1. The molecule has 5 rings (SSSR count). The number of aromatic nitrogens is 3. The Hall–Kier alpha value is -4.50. The molecule has 1 fully saturated rings. The first-order chi connectivity index (χ1) is 21.4. The molecule has 3 N–H and O–H groups in total. The van der Waals surface area contributed by atoms with Crippen molar-refractivity contribution in [2.45, 2.75) is 24.8 Å². The Kier molecular flexibility index (Phi) is 9.39. The highest BCUT2D eigenvalue weighted by Gasteiger charge is 2.31. The fourth-order valence-corrected chi connectivity index (χ4v) is 6.10. The van der Waals surface area contributed by atoms with E-state index in [1.54, 1.807) is 23.8 Å². The second-order valence-corrected chi connectivity index (χ2v) is 12.5. The topological polar surface area (TPSA) is 127 Å². The van der Waals surface area contributed by atoms with Gasteiger partial charge in [0, 0.05) is 31.5 Å². The smallest absolute Gasteiger partial charge is 0.237 e. The third-order valence-corrected chi connectivity index (χ3v) is 8.23. The van der Waals surface area contributed by atoms with E-state index < -0.39 is 50.3 Å². The quantitative estimate of drug-likeness (QED) is 0.144. The number of ether oxygens (including phenoxy) is 2. The van der Waals surface area contributed by atoms with Crippen LogP contribution in [0.5, 0.6) is 17.4 Å². The number of rotatable bonds is 11. The molecule has 2 aromatic carbocycles. The Bertz CT molecular complexity index is 1780. The van der Waals surface area contributed by atoms with Crippen molar-refractivity contribution in [3.63, 3.8) is 0 Å². The van der Waals surface area contributed by atoms with Crippen molar-refractivity contribution in [2.24, 2.45) is 5.92 Å². The number of sulfonamides is 1. The lowest BCUT2D eigenvalue weighted by Crippen LogP contribution is -2.46. The van der Waals surface area contributed by atoms with Crippen LogP contribution in [0.4, 0.5) is 29.2 Å². The SMILES string of the molecule is COc1ccc(CS(=O)(=O)Nc2c(F)cc(Oc3ncccc3-c3ccnc(NCC4CNC[C@@](C)(F)C4)n3)c(F)c2F)cc1. The van der Waals surface area contributed by atoms with Crippen molar-refractivity contribution in [2.75, 3.05) is 36.8 Å². The van der Waals surface area contributed by atoms with Crippen LogP contribution in [0.1, 0.15) is 18.9 Å². The molecule has 10 nitrogen and oxygen atoms in total. The molecule has 2 atom stereocenters. The van der Waals surface area contributed by atoms with E-state index in [-0.39, 0.29) is 29.9 Å². The molecule has 0 aliphatic carbocycles. The minimum Gasteiger partial charge on any atom is -0.497 e. The van der Waals surface area contributed by atoms with Gasteiger partial charge in [0.2, 0.25) is 27.7 Å². The van der Waals surface area contributed by atoms with Gasteiger partial charge in [-0.05, 0) is 61.7 Å². The number of pyridine rings is 1. The fraction of sp³-hybridized carbons (Fsp3) is 0.300. The van der Waals surface area contributed by atoms with Gasteiger partial charge in [-0.1, -0.05) is 12.1 Å². The zero-order valence-corrected chi connectivity index (χ0v) is 25.1. The number of nitrogens with zero attached hydrogens (tertiary/aromatic N) is 3. The minimum atomic E-state index is -4.34. The first kappa shape index (κ1) is 31.9. The molecule has 4 aromatic rings. The monoisotopic (exact) mass is 646 g/mol. The molecule has 0 spiro atoms. The molecule has 2 aromatic heterocycles. The van der Waals surface area contributed by atoms with Crippen LogP contribution in [0.2, 0.25) is 0 Å². The van der Waals surface area contributed by atoms with Crippen LogP contribution in [-0.2, 0) is 15.8 Å². The number of nitrogens with one attached hydrogen (secondary N) is 3. The Morgan fingerprint density at radius 1 is 1.07 bits per heavy atom. The molecule has 15 heteroatoms. The van der Waals surface area contributed by atoms with Crippen molar-refractivity contribution in [1.82, 2.24) is 20.3 Å². The molecule has 0 amide bonds. The molecule has 1 aliphatic heterocycles. The highest BCUT2D eigenvalue weighted by atomic mass is 32.2. The first-order valence-corrected chi connectivity index (χ1v) is 15.5. The Balaban J connectivity index is 1.33. The first-order valence-electron chi connectivity index (χ1n) is 13.8. The number of hydrogen-bond acceptors (Lipinski definition) is 9. The number of halogens is 4. The van der Waals surface area contributed by atoms with E-state index in [0.717, 1.165) is 0 Å². The van der Waals surface area contributed by atoms with Gasteiger partial charge in [-0.15, -0.1) is 0 Å². The lowest BCUT2D eigenvalue weighted by atomic mass is 9.89. The molecule has 238 valence electrons. The second-order valence-electron chi connectivity index (χ2n) is 10.8. The van der Waals surface area contributed by atoms with Gasteiger partial charge in [0.1, 0.15) is 17.1 Å². The molecule has 3 heterocycles. The zero-order valence-electron chi connectivity index (χ0n) is 24.3. The number of anilines is 2. The average molecular weight is 647 g/mol. The van der Waals surface area contributed by atoms with Gasteiger partial charge >= 0.3 is 0 Å². The standard InChI is InChI=1S/C30H30F4N6O4S/c1-30(34)13-19(14-35-17-30)15-38-29-37-11-9-23(39-29)21-4-3-10-36-28(21)44-24-12-22(31)27(26(33)25(24)32)40-45(41,42)16-18-5-7-20(43-2)8-6-18/h3-12,19,35,40H,13-17H2,1-2H3,(H,37,38,39)/t19?,30-/m0/s1. The van der Waals surface area contributed by atoms with Gasteiger partial charge in [0.05, 0.1) is 24.1 Å². The normalized spacial score (nSPS) is 18.3. The van der Waals surface area contributed by atoms with E-state index in [1.165, 1.54) is 49.8 Å². The van der Waals surface area contributed by atoms with Crippen LogP contribution < -0.4 is 24.8 Å². The molecule has 45 heavy (non-hydrogen) atoms. The summed E-state index contributed by atoms with van der Waals surface area (Å²) >= 11 is 0. The minimum absolute atomic E-state index is 0.000884. The maximum absolute atomic E-state index is 15.1. The molecule has 0 saturated carbocycles. The van der Waals surface area contributed by atoms with Crippen LogP contribution in [0.3, 0.4) is 0 Å². The fourth-order valence-electron chi connectivity index (χ4n) is 4.90. The van der Waals surface area contributed by atoms with E-state index in [0.29, 0.717) is 42.6 Å². The number of alkyl halides is 1. The van der Waals surface area contributed by atoms with Gasteiger partial charge in [-0.25, -0.2) is 36.5 Å². The number of methoxy groups -OCH3 is 1. The van der Waals surface area contributed by atoms with Crippen molar-refractivity contribution >= 4 is 21.7 Å². The average Bonchev–Trinajstić information content (AvgIpc) is 3.01. The summed E-state index contributed by atoms with van der Waals surface area (Å²) in [5, 5.41) is 6.16. The van der Waals surface area contributed by atoms with Crippen molar-refractivity contribution in [1.29, 1.82) is 0 Å². The van der Waals surface area contributed by atoms with Crippen LogP contribution in [0.25, 0.3) is 11.3 Å². The van der Waals surface area contributed by atoms with E-state index >= 15 is 13.2 Å². The largest absolute Gasteiger partial charge is 0.497 e. The van der Waals surface area contributed by atoms with Gasteiger partial charge in [0.25, 0.3) is 0 Å². The van der Waals surface area contributed by atoms with Crippen molar-refractivity contribution in [3.05, 3.63) is 83.9 Å². The predicted octanol–water partition coefficient (Wildman–Crippen LogP) is 5.45. The van der Waals surface area contributed by atoms with Crippen molar-refractivity contribution in [3.8, 4) is 28.6 Å². The second kappa shape index (κ2) is 13.2. The number of hydrogen-bond donors (Lipinski definition) is 3. The third-order valence-electron chi connectivity index (χ3n) is 7.00. The lowest BCUT2D eigenvalue weighted by Gasteiger charge is -2.32. The van der Waals surface area contributed by atoms with Crippen LogP contribution in [0.15, 0.2) is 60.9 Å². The van der Waals surface area contributed by atoms with Crippen molar-refractivity contribution < 1.29 is 35.5 Å². The van der Waals surface area contributed by atoms with Gasteiger partial charge in [0.15, 0.2) is 17.4 Å². The molecule has 1 saturated heterocycles. The Morgan fingerprint density at radius 2 is 1.84 bits per heavy atom. The highest BCUT2D eigenvalue weighted by molar-refractivity contribution is 7.91. The van der Waals surface area contributed by atoms with Crippen LogP contribution >= 0.6 is 0 Å². The summed E-state index contributed by atoms with van der Waals surface area (Å²) in [4.78, 5) is 12.7. The van der Waals surface area contributed by atoms with Gasteiger partial charge < -0.3 is 20.1 Å². The van der Waals surface area contributed by atoms with Crippen LogP contribution in [-0.4, -0.2) is 55.8 Å².